The minimum atomic E-state index is -4.80. The second-order valence-electron chi connectivity index (χ2n) is 4.81. The Hall–Kier alpha value is -3.16. The Labute approximate surface area is 133 Å². The Morgan fingerprint density at radius 2 is 1.88 bits per heavy atom. The van der Waals surface area contributed by atoms with E-state index in [2.05, 4.69) is 14.7 Å². The summed E-state index contributed by atoms with van der Waals surface area (Å²) in [5, 5.41) is 9.20. The number of fused-ring (bicyclic) bond motifs is 1. The zero-order valence-corrected chi connectivity index (χ0v) is 11.9. The van der Waals surface area contributed by atoms with Crippen molar-refractivity contribution < 1.29 is 27.8 Å². The van der Waals surface area contributed by atoms with Gasteiger partial charge in [-0.2, -0.15) is 0 Å². The highest BCUT2D eigenvalue weighted by Crippen LogP contribution is 2.28. The number of ether oxygens (including phenoxy) is 1. The van der Waals surface area contributed by atoms with Crippen molar-refractivity contribution >= 4 is 17.0 Å². The van der Waals surface area contributed by atoms with Crippen molar-refractivity contribution in [3.63, 3.8) is 0 Å². The first-order valence-electron chi connectivity index (χ1n) is 6.69. The smallest absolute Gasteiger partial charge is 0.478 e. The number of rotatable bonds is 3. The average molecular weight is 334 g/mol. The molecule has 3 rings (SSSR count). The first kappa shape index (κ1) is 15.7. The summed E-state index contributed by atoms with van der Waals surface area (Å²) < 4.78 is 40.8. The monoisotopic (exact) mass is 334 g/mol. The molecule has 2 aromatic carbocycles. The third kappa shape index (κ3) is 3.27. The van der Waals surface area contributed by atoms with Crippen LogP contribution in [0.5, 0.6) is 5.75 Å². The lowest BCUT2D eigenvalue weighted by Gasteiger charge is -2.10. The molecule has 1 aromatic heterocycles. The molecule has 0 amide bonds. The van der Waals surface area contributed by atoms with Crippen LogP contribution < -0.4 is 4.74 Å². The van der Waals surface area contributed by atoms with Crippen molar-refractivity contribution in [2.24, 2.45) is 0 Å². The highest BCUT2D eigenvalue weighted by molar-refractivity contribution is 6.01. The van der Waals surface area contributed by atoms with E-state index in [1.54, 1.807) is 6.07 Å². The maximum atomic E-state index is 12.3. The van der Waals surface area contributed by atoms with E-state index in [9.17, 15) is 23.1 Å². The molecule has 0 bridgehead atoms. The summed E-state index contributed by atoms with van der Waals surface area (Å²) in [7, 11) is 0. The predicted octanol–water partition coefficient (Wildman–Crippen LogP) is 3.89. The average Bonchev–Trinajstić information content (AvgIpc) is 2.52. The quantitative estimate of drug-likeness (QED) is 0.786. The number of alkyl halides is 3. The number of hydrogen-bond donors (Lipinski definition) is 1. The SMILES string of the molecule is O=C(O)c1cccc2ncc(-c3cccc(OC(F)(F)F)c3)nc12. The molecule has 0 spiro atoms. The largest absolute Gasteiger partial charge is 0.573 e. The van der Waals surface area contributed by atoms with Crippen LogP contribution in [-0.4, -0.2) is 27.4 Å². The molecule has 3 aromatic rings. The zero-order valence-electron chi connectivity index (χ0n) is 11.9. The lowest BCUT2D eigenvalue weighted by molar-refractivity contribution is -0.274. The van der Waals surface area contributed by atoms with Crippen LogP contribution in [0, 0.1) is 0 Å². The summed E-state index contributed by atoms with van der Waals surface area (Å²) in [6.45, 7) is 0. The van der Waals surface area contributed by atoms with Crippen LogP contribution in [0.15, 0.2) is 48.7 Å². The van der Waals surface area contributed by atoms with Crippen molar-refractivity contribution in [1.82, 2.24) is 9.97 Å². The molecule has 5 nitrogen and oxygen atoms in total. The molecule has 0 saturated carbocycles. The Balaban J connectivity index is 2.08. The molecule has 0 radical (unpaired) electrons. The lowest BCUT2D eigenvalue weighted by atomic mass is 10.1. The van der Waals surface area contributed by atoms with Gasteiger partial charge in [0.1, 0.15) is 11.3 Å². The summed E-state index contributed by atoms with van der Waals surface area (Å²) in [4.78, 5) is 19.6. The zero-order chi connectivity index (χ0) is 17.3. The van der Waals surface area contributed by atoms with Gasteiger partial charge in [-0.05, 0) is 24.3 Å². The molecule has 122 valence electrons. The van der Waals surface area contributed by atoms with E-state index in [-0.39, 0.29) is 16.8 Å². The number of halogens is 3. The number of carboxylic acids is 1. The molecule has 0 aliphatic heterocycles. The molecule has 0 unspecified atom stereocenters. The first-order valence-corrected chi connectivity index (χ1v) is 6.69. The number of aromatic carboxylic acids is 1. The maximum absolute atomic E-state index is 12.3. The topological polar surface area (TPSA) is 72.3 Å². The summed E-state index contributed by atoms with van der Waals surface area (Å²) in [5.41, 5.74) is 1.06. The Morgan fingerprint density at radius 3 is 2.58 bits per heavy atom. The van der Waals surface area contributed by atoms with Crippen LogP contribution in [0.3, 0.4) is 0 Å². The van der Waals surface area contributed by atoms with Gasteiger partial charge in [-0.15, -0.1) is 13.2 Å². The van der Waals surface area contributed by atoms with Gasteiger partial charge in [0.15, 0.2) is 0 Å². The Kier molecular flexibility index (Phi) is 3.80. The number of hydrogen-bond acceptors (Lipinski definition) is 4. The molecular formula is C16H9F3N2O3. The van der Waals surface area contributed by atoms with E-state index < -0.39 is 18.1 Å². The fraction of sp³-hybridized carbons (Fsp3) is 0.0625. The predicted molar refractivity (Wildman–Crippen MR) is 78.6 cm³/mol. The Bertz CT molecular complexity index is 926. The van der Waals surface area contributed by atoms with Gasteiger partial charge in [0.05, 0.1) is 23.0 Å². The molecule has 0 fully saturated rings. The van der Waals surface area contributed by atoms with E-state index in [0.29, 0.717) is 11.1 Å². The molecule has 8 heteroatoms. The Morgan fingerprint density at radius 1 is 1.12 bits per heavy atom. The number of carbonyl (C=O) groups is 1. The third-order valence-corrected chi connectivity index (χ3v) is 3.17. The minimum absolute atomic E-state index is 0.0375. The summed E-state index contributed by atoms with van der Waals surface area (Å²) in [6, 6.07) is 9.75. The minimum Gasteiger partial charge on any atom is -0.478 e. The molecular weight excluding hydrogens is 325 g/mol. The van der Waals surface area contributed by atoms with Crippen LogP contribution in [-0.2, 0) is 0 Å². The van der Waals surface area contributed by atoms with Gasteiger partial charge in [0, 0.05) is 5.56 Å². The third-order valence-electron chi connectivity index (χ3n) is 3.17. The van der Waals surface area contributed by atoms with Gasteiger partial charge >= 0.3 is 12.3 Å². The van der Waals surface area contributed by atoms with E-state index >= 15 is 0 Å². The lowest BCUT2D eigenvalue weighted by Crippen LogP contribution is -2.17. The van der Waals surface area contributed by atoms with Gasteiger partial charge in [-0.25, -0.2) is 9.78 Å². The fourth-order valence-corrected chi connectivity index (χ4v) is 2.20. The number of aromatic nitrogens is 2. The number of carboxylic acid groups (broad SMARTS) is 1. The van der Waals surface area contributed by atoms with Crippen molar-refractivity contribution in [3.05, 3.63) is 54.2 Å². The molecule has 0 saturated heterocycles. The second kappa shape index (κ2) is 5.80. The molecule has 0 atom stereocenters. The van der Waals surface area contributed by atoms with Crippen molar-refractivity contribution in [2.75, 3.05) is 0 Å². The standard InChI is InChI=1S/C16H9F3N2O3/c17-16(18,19)24-10-4-1-3-9(7-10)13-8-20-12-6-2-5-11(15(22)23)14(12)21-13/h1-8H,(H,22,23). The van der Waals surface area contributed by atoms with E-state index in [1.165, 1.54) is 30.5 Å². The highest BCUT2D eigenvalue weighted by atomic mass is 19.4. The number of benzene rings is 2. The summed E-state index contributed by atoms with van der Waals surface area (Å²) >= 11 is 0. The summed E-state index contributed by atoms with van der Waals surface area (Å²) in [6.07, 6.45) is -3.44. The molecule has 0 aliphatic rings. The van der Waals surface area contributed by atoms with Crippen LogP contribution >= 0.6 is 0 Å². The van der Waals surface area contributed by atoms with Crippen LogP contribution in [0.2, 0.25) is 0 Å². The molecule has 24 heavy (non-hydrogen) atoms. The normalized spacial score (nSPS) is 11.5. The van der Waals surface area contributed by atoms with Gasteiger partial charge in [-0.1, -0.05) is 18.2 Å². The van der Waals surface area contributed by atoms with Crippen molar-refractivity contribution in [3.8, 4) is 17.0 Å². The van der Waals surface area contributed by atoms with Gasteiger partial charge < -0.3 is 9.84 Å². The van der Waals surface area contributed by atoms with Gasteiger partial charge in [-0.3, -0.25) is 4.98 Å². The van der Waals surface area contributed by atoms with Crippen LogP contribution in [0.4, 0.5) is 13.2 Å². The second-order valence-corrected chi connectivity index (χ2v) is 4.81. The first-order chi connectivity index (χ1) is 11.3. The van der Waals surface area contributed by atoms with Gasteiger partial charge in [0.25, 0.3) is 0 Å². The van der Waals surface area contributed by atoms with Crippen molar-refractivity contribution in [1.29, 1.82) is 0 Å². The van der Waals surface area contributed by atoms with Crippen LogP contribution in [0.1, 0.15) is 10.4 Å². The molecule has 1 heterocycles. The van der Waals surface area contributed by atoms with E-state index in [0.717, 1.165) is 12.1 Å². The molecule has 0 aliphatic carbocycles. The van der Waals surface area contributed by atoms with Gasteiger partial charge in [0.2, 0.25) is 0 Å². The highest BCUT2D eigenvalue weighted by Gasteiger charge is 2.31. The maximum Gasteiger partial charge on any atom is 0.573 e. The van der Waals surface area contributed by atoms with Crippen molar-refractivity contribution in [2.45, 2.75) is 6.36 Å². The fourth-order valence-electron chi connectivity index (χ4n) is 2.20. The van der Waals surface area contributed by atoms with E-state index in [1.807, 2.05) is 0 Å². The summed E-state index contributed by atoms with van der Waals surface area (Å²) in [5.74, 6) is -1.56. The number of para-hydroxylation sites is 1. The van der Waals surface area contributed by atoms with Crippen LogP contribution in [0.25, 0.3) is 22.3 Å². The molecule has 1 N–H and O–H groups in total. The van der Waals surface area contributed by atoms with E-state index in [4.69, 9.17) is 0 Å². The number of nitrogens with zero attached hydrogens (tertiary/aromatic N) is 2.